The summed E-state index contributed by atoms with van der Waals surface area (Å²) in [5.41, 5.74) is 1.72. The molecule has 24 heavy (non-hydrogen) atoms. The number of likely N-dealkylation sites (tertiary alicyclic amines) is 1. The molecule has 130 valence electrons. The Morgan fingerprint density at radius 3 is 2.75 bits per heavy atom. The predicted octanol–water partition coefficient (Wildman–Crippen LogP) is 1.91. The van der Waals surface area contributed by atoms with Gasteiger partial charge in [0, 0.05) is 18.8 Å². The van der Waals surface area contributed by atoms with Crippen molar-refractivity contribution in [3.8, 4) is 0 Å². The smallest absolute Gasteiger partial charge is 0.337 e. The maximum atomic E-state index is 12.6. The highest BCUT2D eigenvalue weighted by atomic mass is 16.5. The number of carbonyl (C=O) groups is 3. The zero-order valence-electron chi connectivity index (χ0n) is 14.2. The standard InChI is InChI=1S/C17H23N3O4/c1-4-18-15(21)14-6-5-9-20(14)17(23)19-13-10-12(16(22)24-3)8-7-11(13)2/h7-8,10,14H,4-6,9H2,1-3H3,(H,18,21)(H,19,23)/t14-/m0/s1. The Morgan fingerprint density at radius 1 is 1.33 bits per heavy atom. The molecule has 0 saturated carbocycles. The lowest BCUT2D eigenvalue weighted by Gasteiger charge is -2.24. The van der Waals surface area contributed by atoms with Gasteiger partial charge >= 0.3 is 12.0 Å². The molecule has 1 aliphatic heterocycles. The third-order valence-corrected chi connectivity index (χ3v) is 4.07. The van der Waals surface area contributed by atoms with E-state index in [0.29, 0.717) is 30.8 Å². The van der Waals surface area contributed by atoms with Crippen LogP contribution in [0.25, 0.3) is 0 Å². The lowest BCUT2D eigenvalue weighted by Crippen LogP contribution is -2.47. The number of amides is 3. The minimum Gasteiger partial charge on any atom is -0.465 e. The van der Waals surface area contributed by atoms with Crippen molar-refractivity contribution >= 4 is 23.6 Å². The van der Waals surface area contributed by atoms with Crippen molar-refractivity contribution in [3.63, 3.8) is 0 Å². The molecule has 0 bridgehead atoms. The second-order valence-corrected chi connectivity index (χ2v) is 5.70. The third kappa shape index (κ3) is 3.84. The van der Waals surface area contributed by atoms with Crippen LogP contribution >= 0.6 is 0 Å². The Bertz CT molecular complexity index is 645. The summed E-state index contributed by atoms with van der Waals surface area (Å²) < 4.78 is 4.70. The summed E-state index contributed by atoms with van der Waals surface area (Å²) in [6.45, 7) is 4.75. The van der Waals surface area contributed by atoms with Crippen LogP contribution in [0.2, 0.25) is 0 Å². The van der Waals surface area contributed by atoms with Gasteiger partial charge in [-0.25, -0.2) is 9.59 Å². The minimum absolute atomic E-state index is 0.134. The normalized spacial score (nSPS) is 16.6. The van der Waals surface area contributed by atoms with Crippen LogP contribution in [0.3, 0.4) is 0 Å². The lowest BCUT2D eigenvalue weighted by molar-refractivity contribution is -0.124. The number of likely N-dealkylation sites (N-methyl/N-ethyl adjacent to an activating group) is 1. The van der Waals surface area contributed by atoms with Crippen molar-refractivity contribution in [2.24, 2.45) is 0 Å². The van der Waals surface area contributed by atoms with Crippen LogP contribution in [0.5, 0.6) is 0 Å². The number of hydrogen-bond acceptors (Lipinski definition) is 4. The number of esters is 1. The lowest BCUT2D eigenvalue weighted by atomic mass is 10.1. The number of methoxy groups -OCH3 is 1. The number of benzene rings is 1. The molecular weight excluding hydrogens is 310 g/mol. The molecule has 0 aliphatic carbocycles. The van der Waals surface area contributed by atoms with Gasteiger partial charge in [0.2, 0.25) is 5.91 Å². The highest BCUT2D eigenvalue weighted by molar-refractivity contribution is 5.96. The van der Waals surface area contributed by atoms with Crippen LogP contribution in [0.4, 0.5) is 10.5 Å². The molecule has 1 aromatic rings. The van der Waals surface area contributed by atoms with Crippen molar-refractivity contribution in [2.45, 2.75) is 32.7 Å². The van der Waals surface area contributed by atoms with Gasteiger partial charge in [-0.15, -0.1) is 0 Å². The van der Waals surface area contributed by atoms with E-state index in [4.69, 9.17) is 4.74 Å². The van der Waals surface area contributed by atoms with E-state index in [-0.39, 0.29) is 11.9 Å². The maximum Gasteiger partial charge on any atom is 0.337 e. The first kappa shape index (κ1) is 17.8. The number of urea groups is 1. The van der Waals surface area contributed by atoms with Crippen molar-refractivity contribution in [1.82, 2.24) is 10.2 Å². The zero-order chi connectivity index (χ0) is 17.7. The SMILES string of the molecule is CCNC(=O)[C@@H]1CCCN1C(=O)Nc1cc(C(=O)OC)ccc1C. The van der Waals surface area contributed by atoms with Gasteiger partial charge in [0.25, 0.3) is 0 Å². The fourth-order valence-corrected chi connectivity index (χ4v) is 2.76. The molecule has 2 N–H and O–H groups in total. The van der Waals surface area contributed by atoms with E-state index < -0.39 is 12.0 Å². The largest absolute Gasteiger partial charge is 0.465 e. The average Bonchev–Trinajstić information content (AvgIpc) is 3.06. The number of anilines is 1. The molecular formula is C17H23N3O4. The molecule has 1 aromatic carbocycles. The second kappa shape index (κ2) is 7.81. The number of ether oxygens (including phenoxy) is 1. The third-order valence-electron chi connectivity index (χ3n) is 4.07. The van der Waals surface area contributed by atoms with Gasteiger partial charge in [-0.2, -0.15) is 0 Å². The van der Waals surface area contributed by atoms with E-state index in [1.165, 1.54) is 12.0 Å². The molecule has 3 amide bonds. The summed E-state index contributed by atoms with van der Waals surface area (Å²) in [4.78, 5) is 37.8. The van der Waals surface area contributed by atoms with Crippen LogP contribution in [-0.2, 0) is 9.53 Å². The predicted molar refractivity (Wildman–Crippen MR) is 89.9 cm³/mol. The number of nitrogens with zero attached hydrogens (tertiary/aromatic N) is 1. The number of hydrogen-bond donors (Lipinski definition) is 2. The van der Waals surface area contributed by atoms with Crippen LogP contribution in [0.15, 0.2) is 18.2 Å². The number of aryl methyl sites for hydroxylation is 1. The van der Waals surface area contributed by atoms with Gasteiger partial charge in [0.05, 0.1) is 12.7 Å². The van der Waals surface area contributed by atoms with E-state index in [2.05, 4.69) is 10.6 Å². The quantitative estimate of drug-likeness (QED) is 0.824. The Morgan fingerprint density at radius 2 is 2.08 bits per heavy atom. The summed E-state index contributed by atoms with van der Waals surface area (Å²) in [5.74, 6) is -0.600. The van der Waals surface area contributed by atoms with E-state index in [9.17, 15) is 14.4 Å². The minimum atomic E-state index is -0.466. The molecule has 0 aromatic heterocycles. The van der Waals surface area contributed by atoms with Gasteiger partial charge in [-0.1, -0.05) is 6.07 Å². The molecule has 0 radical (unpaired) electrons. The highest BCUT2D eigenvalue weighted by Crippen LogP contribution is 2.22. The Hall–Kier alpha value is -2.57. The molecule has 1 heterocycles. The van der Waals surface area contributed by atoms with E-state index in [1.807, 2.05) is 13.8 Å². The summed E-state index contributed by atoms with van der Waals surface area (Å²) in [7, 11) is 1.31. The molecule has 0 spiro atoms. The van der Waals surface area contributed by atoms with Gasteiger partial charge in [-0.05, 0) is 44.4 Å². The van der Waals surface area contributed by atoms with E-state index in [0.717, 1.165) is 12.0 Å². The number of nitrogens with one attached hydrogen (secondary N) is 2. The van der Waals surface area contributed by atoms with Crippen molar-refractivity contribution in [2.75, 3.05) is 25.5 Å². The summed E-state index contributed by atoms with van der Waals surface area (Å²) >= 11 is 0. The summed E-state index contributed by atoms with van der Waals surface area (Å²) in [6, 6.07) is 4.18. The molecule has 1 fully saturated rings. The van der Waals surface area contributed by atoms with Gasteiger partial charge in [0.15, 0.2) is 0 Å². The fourth-order valence-electron chi connectivity index (χ4n) is 2.76. The monoisotopic (exact) mass is 333 g/mol. The molecule has 1 saturated heterocycles. The van der Waals surface area contributed by atoms with Crippen molar-refractivity contribution < 1.29 is 19.1 Å². The van der Waals surface area contributed by atoms with Gasteiger partial charge in [0.1, 0.15) is 6.04 Å². The summed E-state index contributed by atoms with van der Waals surface area (Å²) in [6.07, 6.45) is 1.44. The van der Waals surface area contributed by atoms with Crippen LogP contribution in [0, 0.1) is 6.92 Å². The topological polar surface area (TPSA) is 87.7 Å². The van der Waals surface area contributed by atoms with E-state index in [1.54, 1.807) is 18.2 Å². The Balaban J connectivity index is 2.14. The number of carbonyl (C=O) groups excluding carboxylic acids is 3. The Kier molecular flexibility index (Phi) is 5.78. The van der Waals surface area contributed by atoms with Crippen LogP contribution in [-0.4, -0.2) is 49.0 Å². The second-order valence-electron chi connectivity index (χ2n) is 5.70. The zero-order valence-corrected chi connectivity index (χ0v) is 14.2. The molecule has 0 unspecified atom stereocenters. The average molecular weight is 333 g/mol. The Labute approximate surface area is 141 Å². The van der Waals surface area contributed by atoms with E-state index >= 15 is 0 Å². The molecule has 2 rings (SSSR count). The van der Waals surface area contributed by atoms with Crippen LogP contribution in [0.1, 0.15) is 35.7 Å². The molecule has 7 heteroatoms. The first-order valence-electron chi connectivity index (χ1n) is 8.02. The molecule has 1 aliphatic rings. The molecule has 1 atom stereocenters. The first-order valence-corrected chi connectivity index (χ1v) is 8.02. The van der Waals surface area contributed by atoms with Crippen molar-refractivity contribution in [3.05, 3.63) is 29.3 Å². The highest BCUT2D eigenvalue weighted by Gasteiger charge is 2.34. The van der Waals surface area contributed by atoms with Gasteiger partial charge < -0.3 is 20.3 Å². The summed E-state index contributed by atoms with van der Waals surface area (Å²) in [5, 5.41) is 5.56. The van der Waals surface area contributed by atoms with Crippen molar-refractivity contribution in [1.29, 1.82) is 0 Å². The molecule has 7 nitrogen and oxygen atoms in total. The maximum absolute atomic E-state index is 12.6. The van der Waals surface area contributed by atoms with Gasteiger partial charge in [-0.3, -0.25) is 4.79 Å². The van der Waals surface area contributed by atoms with Crippen LogP contribution < -0.4 is 10.6 Å². The fraction of sp³-hybridized carbons (Fsp3) is 0.471. The number of rotatable bonds is 4. The first-order chi connectivity index (χ1) is 11.5.